The summed E-state index contributed by atoms with van der Waals surface area (Å²) in [5.74, 6) is -0.408. The number of nitrogens with one attached hydrogen (secondary N) is 1. The van der Waals surface area contributed by atoms with Gasteiger partial charge >= 0.3 is 5.97 Å². The summed E-state index contributed by atoms with van der Waals surface area (Å²) in [5, 5.41) is 2.68. The van der Waals surface area contributed by atoms with Crippen LogP contribution in [0.4, 0.5) is 5.69 Å². The number of likely N-dealkylation sites (N-methyl/N-ethyl adjacent to an activating group) is 1. The first-order chi connectivity index (χ1) is 13.3. The van der Waals surface area contributed by atoms with Crippen LogP contribution >= 0.6 is 0 Å². The first-order valence-corrected chi connectivity index (χ1v) is 8.36. The molecule has 0 atom stereocenters. The van der Waals surface area contributed by atoms with Crippen molar-refractivity contribution in [1.82, 2.24) is 4.90 Å². The van der Waals surface area contributed by atoms with E-state index in [1.54, 1.807) is 44.4 Å². The highest BCUT2D eigenvalue weighted by molar-refractivity contribution is 6.08. The number of anilines is 1. The number of amides is 2. The van der Waals surface area contributed by atoms with Crippen LogP contribution in [0.25, 0.3) is 0 Å². The lowest BCUT2D eigenvalue weighted by Crippen LogP contribution is -2.27. The number of methoxy groups -OCH3 is 2. The van der Waals surface area contributed by atoms with Crippen LogP contribution in [0.3, 0.4) is 0 Å². The molecule has 0 bridgehead atoms. The Bertz CT molecular complexity index is 879. The summed E-state index contributed by atoms with van der Waals surface area (Å²) < 4.78 is 15.3. The van der Waals surface area contributed by atoms with Crippen molar-refractivity contribution < 1.29 is 28.6 Å². The molecule has 0 aromatic heterocycles. The third kappa shape index (κ3) is 5.23. The molecule has 2 aromatic carbocycles. The van der Waals surface area contributed by atoms with Crippen LogP contribution in [0.2, 0.25) is 0 Å². The fraction of sp³-hybridized carbons (Fsp3) is 0.250. The molecular weight excluding hydrogens is 364 g/mol. The maximum absolute atomic E-state index is 12.6. The Hall–Kier alpha value is -3.55. The molecule has 0 aliphatic rings. The molecule has 2 rings (SSSR count). The van der Waals surface area contributed by atoms with E-state index < -0.39 is 11.9 Å². The van der Waals surface area contributed by atoms with Crippen molar-refractivity contribution in [3.05, 3.63) is 53.6 Å². The van der Waals surface area contributed by atoms with E-state index in [0.29, 0.717) is 17.1 Å². The number of hydrogen-bond donors (Lipinski definition) is 1. The van der Waals surface area contributed by atoms with Gasteiger partial charge in [0.2, 0.25) is 0 Å². The molecule has 2 aromatic rings. The molecule has 1 N–H and O–H groups in total. The molecule has 0 heterocycles. The van der Waals surface area contributed by atoms with Crippen LogP contribution in [0.5, 0.6) is 11.5 Å². The molecule has 0 radical (unpaired) electrons. The molecule has 8 heteroatoms. The molecule has 0 saturated carbocycles. The van der Waals surface area contributed by atoms with Gasteiger partial charge in [0.25, 0.3) is 11.8 Å². The third-order valence-corrected chi connectivity index (χ3v) is 3.84. The van der Waals surface area contributed by atoms with Gasteiger partial charge in [0.1, 0.15) is 11.5 Å². The summed E-state index contributed by atoms with van der Waals surface area (Å²) >= 11 is 0. The molecule has 0 spiro atoms. The Labute approximate surface area is 163 Å². The second-order valence-corrected chi connectivity index (χ2v) is 5.96. The topological polar surface area (TPSA) is 94.2 Å². The summed E-state index contributed by atoms with van der Waals surface area (Å²) in [6.45, 7) is -0.136. The number of carbonyl (C=O) groups is 3. The highest BCUT2D eigenvalue weighted by atomic mass is 16.5. The molecule has 0 unspecified atom stereocenters. The number of esters is 1. The number of hydrogen-bond acceptors (Lipinski definition) is 6. The van der Waals surface area contributed by atoms with Crippen molar-refractivity contribution >= 4 is 23.5 Å². The van der Waals surface area contributed by atoms with Gasteiger partial charge in [-0.25, -0.2) is 4.79 Å². The lowest BCUT2D eigenvalue weighted by molar-refractivity contribution is -0.130. The minimum atomic E-state index is -0.603. The van der Waals surface area contributed by atoms with E-state index in [4.69, 9.17) is 14.2 Å². The van der Waals surface area contributed by atoms with E-state index in [-0.39, 0.29) is 23.8 Å². The van der Waals surface area contributed by atoms with Crippen LogP contribution in [0.1, 0.15) is 20.7 Å². The van der Waals surface area contributed by atoms with E-state index in [0.717, 1.165) is 0 Å². The standard InChI is InChI=1S/C20H22N2O6/c1-22(2)18(23)12-28-15-7-5-6-13(10-15)19(24)21-17-9-8-14(26-3)11-16(17)20(25)27-4/h5-11H,12H2,1-4H3,(H,21,24). The monoisotopic (exact) mass is 386 g/mol. The summed E-state index contributed by atoms with van der Waals surface area (Å²) in [6, 6.07) is 11.0. The Morgan fingerprint density at radius 3 is 2.39 bits per heavy atom. The smallest absolute Gasteiger partial charge is 0.340 e. The zero-order valence-corrected chi connectivity index (χ0v) is 16.1. The Morgan fingerprint density at radius 1 is 1.00 bits per heavy atom. The second kappa shape index (κ2) is 9.40. The lowest BCUT2D eigenvalue weighted by Gasteiger charge is -2.13. The quantitative estimate of drug-likeness (QED) is 0.733. The summed E-state index contributed by atoms with van der Waals surface area (Å²) in [6.07, 6.45) is 0. The Morgan fingerprint density at radius 2 is 1.75 bits per heavy atom. The predicted octanol–water partition coefficient (Wildman–Crippen LogP) is 2.20. The molecule has 8 nitrogen and oxygen atoms in total. The average Bonchev–Trinajstić information content (AvgIpc) is 2.71. The normalized spacial score (nSPS) is 10.0. The van der Waals surface area contributed by atoms with Crippen molar-refractivity contribution in [3.8, 4) is 11.5 Å². The van der Waals surface area contributed by atoms with Gasteiger partial charge in [-0.05, 0) is 36.4 Å². The number of nitrogens with zero attached hydrogens (tertiary/aromatic N) is 1. The molecule has 0 aliphatic heterocycles. The van der Waals surface area contributed by atoms with E-state index in [9.17, 15) is 14.4 Å². The molecule has 148 valence electrons. The van der Waals surface area contributed by atoms with Gasteiger partial charge in [0, 0.05) is 19.7 Å². The molecule has 2 amide bonds. The zero-order chi connectivity index (χ0) is 20.7. The minimum Gasteiger partial charge on any atom is -0.497 e. The highest BCUT2D eigenvalue weighted by Crippen LogP contribution is 2.24. The Balaban J connectivity index is 2.18. The average molecular weight is 386 g/mol. The van der Waals surface area contributed by atoms with Gasteiger partial charge in [-0.2, -0.15) is 0 Å². The highest BCUT2D eigenvalue weighted by Gasteiger charge is 2.16. The van der Waals surface area contributed by atoms with Gasteiger partial charge in [-0.15, -0.1) is 0 Å². The summed E-state index contributed by atoms with van der Waals surface area (Å²) in [7, 11) is 5.98. The molecule has 0 saturated heterocycles. The van der Waals surface area contributed by atoms with E-state index in [1.807, 2.05) is 0 Å². The maximum atomic E-state index is 12.6. The van der Waals surface area contributed by atoms with Crippen LogP contribution in [0, 0.1) is 0 Å². The van der Waals surface area contributed by atoms with Crippen molar-refractivity contribution in [2.45, 2.75) is 0 Å². The fourth-order valence-corrected chi connectivity index (χ4v) is 2.23. The van der Waals surface area contributed by atoms with Gasteiger partial charge in [0.05, 0.1) is 25.5 Å². The van der Waals surface area contributed by atoms with Crippen molar-refractivity contribution in [2.75, 3.05) is 40.2 Å². The molecule has 28 heavy (non-hydrogen) atoms. The minimum absolute atomic E-state index is 0.136. The number of carbonyl (C=O) groups excluding carboxylic acids is 3. The van der Waals surface area contributed by atoms with Gasteiger partial charge in [0.15, 0.2) is 6.61 Å². The first kappa shape index (κ1) is 20.8. The zero-order valence-electron chi connectivity index (χ0n) is 16.1. The number of ether oxygens (including phenoxy) is 3. The van der Waals surface area contributed by atoms with E-state index in [2.05, 4.69) is 5.32 Å². The van der Waals surface area contributed by atoms with Crippen LogP contribution < -0.4 is 14.8 Å². The molecule has 0 aliphatic carbocycles. The van der Waals surface area contributed by atoms with Crippen molar-refractivity contribution in [3.63, 3.8) is 0 Å². The largest absolute Gasteiger partial charge is 0.497 e. The van der Waals surface area contributed by atoms with Crippen molar-refractivity contribution in [2.24, 2.45) is 0 Å². The van der Waals surface area contributed by atoms with Crippen LogP contribution in [0.15, 0.2) is 42.5 Å². The van der Waals surface area contributed by atoms with Crippen LogP contribution in [-0.4, -0.2) is 57.6 Å². The van der Waals surface area contributed by atoms with E-state index in [1.165, 1.54) is 31.3 Å². The van der Waals surface area contributed by atoms with E-state index >= 15 is 0 Å². The Kier molecular flexibility index (Phi) is 6.97. The number of benzene rings is 2. The summed E-state index contributed by atoms with van der Waals surface area (Å²) in [4.78, 5) is 37.6. The third-order valence-electron chi connectivity index (χ3n) is 3.84. The SMILES string of the molecule is COC(=O)c1cc(OC)ccc1NC(=O)c1cccc(OCC(=O)N(C)C)c1. The van der Waals surface area contributed by atoms with Gasteiger partial charge in [-0.3, -0.25) is 9.59 Å². The second-order valence-electron chi connectivity index (χ2n) is 5.96. The number of rotatable bonds is 7. The fourth-order valence-electron chi connectivity index (χ4n) is 2.23. The van der Waals surface area contributed by atoms with Crippen LogP contribution in [-0.2, 0) is 9.53 Å². The molecular formula is C20H22N2O6. The van der Waals surface area contributed by atoms with Gasteiger partial charge < -0.3 is 24.4 Å². The van der Waals surface area contributed by atoms with Crippen molar-refractivity contribution in [1.29, 1.82) is 0 Å². The molecule has 0 fully saturated rings. The first-order valence-electron chi connectivity index (χ1n) is 8.36. The lowest BCUT2D eigenvalue weighted by atomic mass is 10.1. The van der Waals surface area contributed by atoms with Gasteiger partial charge in [-0.1, -0.05) is 6.07 Å². The predicted molar refractivity (Wildman–Crippen MR) is 103 cm³/mol. The maximum Gasteiger partial charge on any atom is 0.340 e. The summed E-state index contributed by atoms with van der Waals surface area (Å²) in [5.41, 5.74) is 0.757.